The highest BCUT2D eigenvalue weighted by Gasteiger charge is 2.17. The summed E-state index contributed by atoms with van der Waals surface area (Å²) in [5.41, 5.74) is 0.869. The van der Waals surface area contributed by atoms with Crippen molar-refractivity contribution >= 4 is 17.9 Å². The average Bonchev–Trinajstić information content (AvgIpc) is 2.53. The second kappa shape index (κ2) is 5.21. The summed E-state index contributed by atoms with van der Waals surface area (Å²) in [6.45, 7) is 1.28. The number of aldehydes is 1. The molecule has 86 valence electrons. The molecule has 2 rings (SSSR count). The van der Waals surface area contributed by atoms with Gasteiger partial charge in [-0.2, -0.15) is 0 Å². The van der Waals surface area contributed by atoms with Gasteiger partial charge in [0.05, 0.1) is 13.2 Å². The van der Waals surface area contributed by atoms with Gasteiger partial charge < -0.3 is 14.3 Å². The lowest BCUT2D eigenvalue weighted by atomic mass is 10.1. The molecule has 3 nitrogen and oxygen atoms in total. The van der Waals surface area contributed by atoms with Crippen molar-refractivity contribution in [1.82, 2.24) is 0 Å². The molecular weight excluding hydrogens is 228 g/mol. The van der Waals surface area contributed by atoms with Gasteiger partial charge in [0.2, 0.25) is 0 Å². The summed E-state index contributed by atoms with van der Waals surface area (Å²) in [5, 5.41) is 0.631. The number of benzene rings is 1. The van der Waals surface area contributed by atoms with Crippen LogP contribution in [0, 0.1) is 0 Å². The molecule has 1 aromatic carbocycles. The zero-order chi connectivity index (χ0) is 11.4. The summed E-state index contributed by atoms with van der Waals surface area (Å²) in [6.07, 6.45) is 2.78. The van der Waals surface area contributed by atoms with Gasteiger partial charge in [0.1, 0.15) is 6.29 Å². The standard InChI is InChI=1S/C12H13ClO3/c13-10-4-5-11-12(9(10)3-1-6-14)16-8-2-7-15-11/h4-6H,1-3,7-8H2. The molecule has 0 fully saturated rings. The normalized spacial score (nSPS) is 14.3. The third-order valence-corrected chi connectivity index (χ3v) is 2.83. The van der Waals surface area contributed by atoms with Crippen molar-refractivity contribution < 1.29 is 14.3 Å². The number of hydrogen-bond acceptors (Lipinski definition) is 3. The number of carbonyl (C=O) groups excluding carboxylic acids is 1. The van der Waals surface area contributed by atoms with E-state index >= 15 is 0 Å². The maximum Gasteiger partial charge on any atom is 0.165 e. The maximum absolute atomic E-state index is 10.4. The van der Waals surface area contributed by atoms with Crippen LogP contribution in [0.15, 0.2) is 12.1 Å². The molecule has 0 saturated heterocycles. The van der Waals surface area contributed by atoms with E-state index in [-0.39, 0.29) is 0 Å². The van der Waals surface area contributed by atoms with Crippen molar-refractivity contribution in [1.29, 1.82) is 0 Å². The Morgan fingerprint density at radius 2 is 2.12 bits per heavy atom. The number of fused-ring (bicyclic) bond motifs is 1. The van der Waals surface area contributed by atoms with Gasteiger partial charge in [0.25, 0.3) is 0 Å². The lowest BCUT2D eigenvalue weighted by Crippen LogP contribution is -1.99. The van der Waals surface area contributed by atoms with Crippen molar-refractivity contribution in [3.8, 4) is 11.5 Å². The summed E-state index contributed by atoms with van der Waals surface area (Å²) in [4.78, 5) is 10.4. The van der Waals surface area contributed by atoms with E-state index < -0.39 is 0 Å². The molecule has 0 aliphatic carbocycles. The molecule has 0 saturated carbocycles. The highest BCUT2D eigenvalue weighted by atomic mass is 35.5. The minimum absolute atomic E-state index is 0.444. The molecule has 1 aliphatic heterocycles. The van der Waals surface area contributed by atoms with Crippen molar-refractivity contribution in [2.45, 2.75) is 19.3 Å². The Morgan fingerprint density at radius 1 is 1.31 bits per heavy atom. The predicted octanol–water partition coefficient (Wildman–Crippen LogP) is 2.63. The first kappa shape index (κ1) is 11.3. The average molecular weight is 241 g/mol. The number of halogens is 1. The van der Waals surface area contributed by atoms with Gasteiger partial charge in [0, 0.05) is 23.4 Å². The highest BCUT2D eigenvalue weighted by molar-refractivity contribution is 6.31. The largest absolute Gasteiger partial charge is 0.490 e. The quantitative estimate of drug-likeness (QED) is 0.762. The number of rotatable bonds is 3. The molecule has 0 spiro atoms. The van der Waals surface area contributed by atoms with Gasteiger partial charge >= 0.3 is 0 Å². The van der Waals surface area contributed by atoms with Gasteiger partial charge in [-0.25, -0.2) is 0 Å². The maximum atomic E-state index is 10.4. The van der Waals surface area contributed by atoms with Crippen LogP contribution in [0.25, 0.3) is 0 Å². The van der Waals surface area contributed by atoms with Gasteiger partial charge in [-0.1, -0.05) is 11.6 Å². The van der Waals surface area contributed by atoms with Crippen LogP contribution in [-0.2, 0) is 11.2 Å². The summed E-state index contributed by atoms with van der Waals surface area (Å²) >= 11 is 6.10. The first-order valence-corrected chi connectivity index (χ1v) is 5.71. The zero-order valence-electron chi connectivity index (χ0n) is 8.87. The van der Waals surface area contributed by atoms with Gasteiger partial charge in [-0.15, -0.1) is 0 Å². The third kappa shape index (κ3) is 2.30. The van der Waals surface area contributed by atoms with Crippen LogP contribution in [0.1, 0.15) is 18.4 Å². The Labute approximate surface area is 99.3 Å². The fourth-order valence-corrected chi connectivity index (χ4v) is 1.95. The minimum Gasteiger partial charge on any atom is -0.490 e. The lowest BCUT2D eigenvalue weighted by molar-refractivity contribution is -0.107. The predicted molar refractivity (Wildman–Crippen MR) is 61.4 cm³/mol. The van der Waals surface area contributed by atoms with Gasteiger partial charge in [-0.05, 0) is 18.6 Å². The van der Waals surface area contributed by atoms with E-state index in [1.165, 1.54) is 0 Å². The van der Waals surface area contributed by atoms with Crippen molar-refractivity contribution in [3.63, 3.8) is 0 Å². The Morgan fingerprint density at radius 3 is 2.94 bits per heavy atom. The van der Waals surface area contributed by atoms with Crippen molar-refractivity contribution in [3.05, 3.63) is 22.7 Å². The molecule has 0 amide bonds. The number of carbonyl (C=O) groups is 1. The first-order chi connectivity index (χ1) is 7.83. The summed E-state index contributed by atoms with van der Waals surface area (Å²) < 4.78 is 11.2. The Hall–Kier alpha value is -1.22. The fraction of sp³-hybridized carbons (Fsp3) is 0.417. The molecule has 0 atom stereocenters. The van der Waals surface area contributed by atoms with Crippen LogP contribution in [0.2, 0.25) is 5.02 Å². The van der Waals surface area contributed by atoms with E-state index in [4.69, 9.17) is 21.1 Å². The van der Waals surface area contributed by atoms with Crippen LogP contribution in [0.4, 0.5) is 0 Å². The number of ether oxygens (including phenoxy) is 2. The highest BCUT2D eigenvalue weighted by Crippen LogP contribution is 2.38. The van der Waals surface area contributed by atoms with Crippen LogP contribution in [0.3, 0.4) is 0 Å². The Kier molecular flexibility index (Phi) is 3.67. The summed E-state index contributed by atoms with van der Waals surface area (Å²) in [7, 11) is 0. The molecule has 0 aromatic heterocycles. The van der Waals surface area contributed by atoms with Gasteiger partial charge in [-0.3, -0.25) is 0 Å². The van der Waals surface area contributed by atoms with Crippen LogP contribution < -0.4 is 9.47 Å². The van der Waals surface area contributed by atoms with E-state index in [1.807, 2.05) is 6.07 Å². The molecule has 1 aromatic rings. The Balaban J connectivity index is 2.36. The second-order valence-electron chi connectivity index (χ2n) is 3.61. The van der Waals surface area contributed by atoms with E-state index in [9.17, 15) is 4.79 Å². The van der Waals surface area contributed by atoms with Crippen LogP contribution in [0.5, 0.6) is 11.5 Å². The third-order valence-electron chi connectivity index (χ3n) is 2.47. The van der Waals surface area contributed by atoms with Crippen molar-refractivity contribution in [2.24, 2.45) is 0 Å². The van der Waals surface area contributed by atoms with Crippen LogP contribution in [-0.4, -0.2) is 19.5 Å². The van der Waals surface area contributed by atoms with Crippen molar-refractivity contribution in [2.75, 3.05) is 13.2 Å². The molecule has 0 N–H and O–H groups in total. The van der Waals surface area contributed by atoms with E-state index in [1.54, 1.807) is 6.07 Å². The van der Waals surface area contributed by atoms with E-state index in [0.29, 0.717) is 36.8 Å². The smallest absolute Gasteiger partial charge is 0.165 e. The molecule has 1 heterocycles. The van der Waals surface area contributed by atoms with E-state index in [2.05, 4.69) is 0 Å². The molecule has 1 aliphatic rings. The molecule has 0 unspecified atom stereocenters. The molecule has 0 bridgehead atoms. The fourth-order valence-electron chi connectivity index (χ4n) is 1.71. The summed E-state index contributed by atoms with van der Waals surface area (Å²) in [6, 6.07) is 3.60. The Bertz CT molecular complexity index is 390. The minimum atomic E-state index is 0.444. The number of hydrogen-bond donors (Lipinski definition) is 0. The molecular formula is C12H13ClO3. The topological polar surface area (TPSA) is 35.5 Å². The van der Waals surface area contributed by atoms with Crippen LogP contribution >= 0.6 is 11.6 Å². The molecule has 16 heavy (non-hydrogen) atoms. The SMILES string of the molecule is O=CCCc1c(Cl)ccc2c1OCCCO2. The zero-order valence-corrected chi connectivity index (χ0v) is 9.63. The monoisotopic (exact) mass is 240 g/mol. The molecule has 4 heteroatoms. The van der Waals surface area contributed by atoms with E-state index in [0.717, 1.165) is 24.0 Å². The lowest BCUT2D eigenvalue weighted by Gasteiger charge is -2.13. The molecule has 0 radical (unpaired) electrons. The first-order valence-electron chi connectivity index (χ1n) is 5.33. The second-order valence-corrected chi connectivity index (χ2v) is 4.02. The van der Waals surface area contributed by atoms with Gasteiger partial charge in [0.15, 0.2) is 11.5 Å². The summed E-state index contributed by atoms with van der Waals surface area (Å²) in [5.74, 6) is 1.43.